The van der Waals surface area contributed by atoms with Crippen LogP contribution in [-0.2, 0) is 0 Å². The van der Waals surface area contributed by atoms with Gasteiger partial charge in [-0.05, 0) is 49.2 Å². The number of nitrogen functional groups attached to an aromatic ring is 1. The average molecular weight is 237 g/mol. The third-order valence-electron chi connectivity index (χ3n) is 3.06. The lowest BCUT2D eigenvalue weighted by Crippen LogP contribution is -1.97. The summed E-state index contributed by atoms with van der Waals surface area (Å²) in [5.74, 6) is 0. The number of anilines is 3. The van der Waals surface area contributed by atoms with Crippen molar-refractivity contribution in [2.24, 2.45) is 0 Å². The van der Waals surface area contributed by atoms with E-state index in [2.05, 4.69) is 31.3 Å². The Morgan fingerprint density at radius 3 is 2.67 bits per heavy atom. The highest BCUT2D eigenvalue weighted by Crippen LogP contribution is 2.24. The van der Waals surface area contributed by atoms with Gasteiger partial charge < -0.3 is 11.1 Å². The van der Waals surface area contributed by atoms with Gasteiger partial charge in [-0.1, -0.05) is 12.1 Å². The molecule has 2 rings (SSSR count). The number of aryl methyl sites for hydroxylation is 1. The van der Waals surface area contributed by atoms with Crippen molar-refractivity contribution in [3.8, 4) is 6.07 Å². The van der Waals surface area contributed by atoms with Crippen molar-refractivity contribution in [3.05, 3.63) is 53.1 Å². The van der Waals surface area contributed by atoms with Crippen LogP contribution >= 0.6 is 0 Å². The van der Waals surface area contributed by atoms with Crippen LogP contribution < -0.4 is 11.1 Å². The Morgan fingerprint density at radius 2 is 1.94 bits per heavy atom. The van der Waals surface area contributed by atoms with Crippen LogP contribution in [0.1, 0.15) is 16.7 Å². The minimum Gasteiger partial charge on any atom is -0.398 e. The van der Waals surface area contributed by atoms with E-state index < -0.39 is 0 Å². The zero-order valence-corrected chi connectivity index (χ0v) is 10.5. The van der Waals surface area contributed by atoms with Crippen LogP contribution in [0.15, 0.2) is 36.4 Å². The molecule has 0 atom stereocenters. The topological polar surface area (TPSA) is 61.8 Å². The van der Waals surface area contributed by atoms with Gasteiger partial charge in [0.15, 0.2) is 0 Å². The third kappa shape index (κ3) is 2.28. The second-order valence-electron chi connectivity index (χ2n) is 4.29. The van der Waals surface area contributed by atoms with Crippen LogP contribution in [-0.4, -0.2) is 0 Å². The summed E-state index contributed by atoms with van der Waals surface area (Å²) in [6, 6.07) is 13.6. The molecule has 18 heavy (non-hydrogen) atoms. The summed E-state index contributed by atoms with van der Waals surface area (Å²) >= 11 is 0. The van der Waals surface area contributed by atoms with Gasteiger partial charge in [-0.2, -0.15) is 5.26 Å². The fourth-order valence-corrected chi connectivity index (χ4v) is 1.77. The van der Waals surface area contributed by atoms with Crippen molar-refractivity contribution in [2.45, 2.75) is 13.8 Å². The molecule has 0 unspecified atom stereocenters. The van der Waals surface area contributed by atoms with Crippen molar-refractivity contribution in [1.82, 2.24) is 0 Å². The van der Waals surface area contributed by atoms with E-state index >= 15 is 0 Å². The van der Waals surface area contributed by atoms with Crippen molar-refractivity contribution in [1.29, 1.82) is 5.26 Å². The summed E-state index contributed by atoms with van der Waals surface area (Å²) in [6.45, 7) is 4.14. The van der Waals surface area contributed by atoms with E-state index in [1.807, 2.05) is 18.2 Å². The predicted octanol–water partition coefficient (Wildman–Crippen LogP) is 3.50. The smallest absolute Gasteiger partial charge is 0.101 e. The van der Waals surface area contributed by atoms with Gasteiger partial charge in [-0.15, -0.1) is 0 Å². The molecule has 3 heteroatoms. The highest BCUT2D eigenvalue weighted by Gasteiger charge is 2.03. The Bertz CT molecular complexity index is 624. The van der Waals surface area contributed by atoms with E-state index in [0.29, 0.717) is 11.3 Å². The van der Waals surface area contributed by atoms with Gasteiger partial charge >= 0.3 is 0 Å². The molecule has 2 aromatic carbocycles. The molecule has 0 aliphatic rings. The average Bonchev–Trinajstić information content (AvgIpc) is 2.37. The minimum atomic E-state index is 0.491. The number of nitrogens with two attached hydrogens (primary N) is 1. The molecule has 0 fully saturated rings. The van der Waals surface area contributed by atoms with Crippen LogP contribution in [0.3, 0.4) is 0 Å². The van der Waals surface area contributed by atoms with Gasteiger partial charge in [0.05, 0.1) is 5.56 Å². The van der Waals surface area contributed by atoms with Crippen molar-refractivity contribution >= 4 is 17.1 Å². The number of hydrogen-bond acceptors (Lipinski definition) is 3. The molecular formula is C15H15N3. The number of nitriles is 1. The Balaban J connectivity index is 2.35. The molecule has 0 saturated carbocycles. The highest BCUT2D eigenvalue weighted by molar-refractivity contribution is 5.69. The maximum Gasteiger partial charge on any atom is 0.101 e. The Hall–Kier alpha value is -2.47. The van der Waals surface area contributed by atoms with Crippen molar-refractivity contribution in [3.63, 3.8) is 0 Å². The molecule has 0 aliphatic heterocycles. The standard InChI is InChI=1S/C15H15N3/c1-10-4-3-5-15(11(10)2)18-13-6-7-14(17)12(8-13)9-16/h3-8,18H,17H2,1-2H3. The maximum atomic E-state index is 8.95. The molecule has 0 amide bonds. The Morgan fingerprint density at radius 1 is 1.17 bits per heavy atom. The molecule has 0 heterocycles. The van der Waals surface area contributed by atoms with Gasteiger partial charge in [0.1, 0.15) is 6.07 Å². The lowest BCUT2D eigenvalue weighted by atomic mass is 10.1. The lowest BCUT2D eigenvalue weighted by molar-refractivity contribution is 1.33. The number of benzene rings is 2. The number of nitrogens with one attached hydrogen (secondary N) is 1. The first-order valence-electron chi connectivity index (χ1n) is 5.74. The van der Waals surface area contributed by atoms with Gasteiger partial charge in [0.2, 0.25) is 0 Å². The van der Waals surface area contributed by atoms with Gasteiger partial charge in [-0.3, -0.25) is 0 Å². The zero-order chi connectivity index (χ0) is 13.1. The number of hydrogen-bond donors (Lipinski definition) is 2. The first-order chi connectivity index (χ1) is 8.61. The molecule has 0 saturated heterocycles. The molecule has 90 valence electrons. The molecule has 2 aromatic rings. The lowest BCUT2D eigenvalue weighted by Gasteiger charge is -2.12. The quantitative estimate of drug-likeness (QED) is 0.786. The Labute approximate surface area is 107 Å². The fourth-order valence-electron chi connectivity index (χ4n) is 1.77. The SMILES string of the molecule is Cc1cccc(Nc2ccc(N)c(C#N)c2)c1C. The van der Waals surface area contributed by atoms with Crippen LogP contribution in [0.2, 0.25) is 0 Å². The summed E-state index contributed by atoms with van der Waals surface area (Å²) in [7, 11) is 0. The molecular weight excluding hydrogens is 222 g/mol. The van der Waals surface area contributed by atoms with Crippen LogP contribution in [0.5, 0.6) is 0 Å². The second kappa shape index (κ2) is 4.80. The second-order valence-corrected chi connectivity index (χ2v) is 4.29. The fraction of sp³-hybridized carbons (Fsp3) is 0.133. The van der Waals surface area contributed by atoms with E-state index in [0.717, 1.165) is 11.4 Å². The molecule has 3 N–H and O–H groups in total. The van der Waals surface area contributed by atoms with Crippen molar-refractivity contribution in [2.75, 3.05) is 11.1 Å². The van der Waals surface area contributed by atoms with Gasteiger partial charge in [0, 0.05) is 17.1 Å². The van der Waals surface area contributed by atoms with E-state index in [1.165, 1.54) is 11.1 Å². The first kappa shape index (κ1) is 12.0. The summed E-state index contributed by atoms with van der Waals surface area (Å²) in [5.41, 5.74) is 11.0. The molecule has 0 bridgehead atoms. The van der Waals surface area contributed by atoms with Crippen LogP contribution in [0.25, 0.3) is 0 Å². The predicted molar refractivity (Wildman–Crippen MR) is 74.8 cm³/mol. The Kier molecular flexibility index (Phi) is 3.20. The maximum absolute atomic E-state index is 8.95. The van der Waals surface area contributed by atoms with E-state index in [1.54, 1.807) is 12.1 Å². The summed E-state index contributed by atoms with van der Waals surface area (Å²) in [6.07, 6.45) is 0. The number of nitrogens with zero attached hydrogens (tertiary/aromatic N) is 1. The first-order valence-corrected chi connectivity index (χ1v) is 5.74. The number of rotatable bonds is 2. The van der Waals surface area contributed by atoms with E-state index in [4.69, 9.17) is 11.0 Å². The summed E-state index contributed by atoms with van der Waals surface area (Å²) in [4.78, 5) is 0. The normalized spacial score (nSPS) is 9.83. The molecule has 0 aliphatic carbocycles. The van der Waals surface area contributed by atoms with E-state index in [9.17, 15) is 0 Å². The highest BCUT2D eigenvalue weighted by atomic mass is 14.9. The molecule has 0 aromatic heterocycles. The monoisotopic (exact) mass is 237 g/mol. The van der Waals surface area contributed by atoms with Gasteiger partial charge in [-0.25, -0.2) is 0 Å². The third-order valence-corrected chi connectivity index (χ3v) is 3.06. The van der Waals surface area contributed by atoms with Gasteiger partial charge in [0.25, 0.3) is 0 Å². The zero-order valence-electron chi connectivity index (χ0n) is 10.5. The summed E-state index contributed by atoms with van der Waals surface area (Å²) < 4.78 is 0. The molecule has 0 radical (unpaired) electrons. The molecule has 3 nitrogen and oxygen atoms in total. The van der Waals surface area contributed by atoms with Crippen molar-refractivity contribution < 1.29 is 0 Å². The largest absolute Gasteiger partial charge is 0.398 e. The van der Waals surface area contributed by atoms with E-state index in [-0.39, 0.29) is 0 Å². The molecule has 0 spiro atoms. The van der Waals surface area contributed by atoms with Crippen LogP contribution in [0.4, 0.5) is 17.1 Å². The van der Waals surface area contributed by atoms with Crippen LogP contribution in [0, 0.1) is 25.2 Å². The minimum absolute atomic E-state index is 0.491. The summed E-state index contributed by atoms with van der Waals surface area (Å²) in [5, 5.41) is 12.3.